The van der Waals surface area contributed by atoms with Crippen molar-refractivity contribution in [2.45, 2.75) is 57.4 Å². The Morgan fingerprint density at radius 2 is 1.88 bits per heavy atom. The number of amides is 4. The fourth-order valence-electron chi connectivity index (χ4n) is 3.31. The number of hydrogen-bond acceptors (Lipinski definition) is 7. The summed E-state index contributed by atoms with van der Waals surface area (Å²) in [6.07, 6.45) is -0.799. The van der Waals surface area contributed by atoms with Crippen molar-refractivity contribution in [1.82, 2.24) is 15.5 Å². The van der Waals surface area contributed by atoms with E-state index in [0.717, 1.165) is 10.5 Å². The van der Waals surface area contributed by atoms with Crippen LogP contribution in [0.3, 0.4) is 0 Å². The number of nitrogens with one attached hydrogen (secondary N) is 2. The maximum absolute atomic E-state index is 12.7. The van der Waals surface area contributed by atoms with Gasteiger partial charge in [-0.2, -0.15) is 0 Å². The molecule has 3 N–H and O–H groups in total. The molecule has 1 unspecified atom stereocenters. The molecule has 1 aliphatic rings. The zero-order valence-electron chi connectivity index (χ0n) is 18.6. The fourth-order valence-corrected chi connectivity index (χ4v) is 3.31. The number of aliphatic carboxylic acids is 1. The molecule has 1 saturated heterocycles. The molecule has 1 aliphatic heterocycles. The molecule has 0 aliphatic carbocycles. The van der Waals surface area contributed by atoms with E-state index in [0.29, 0.717) is 12.8 Å². The molecule has 180 valence electrons. The number of carbonyl (C=O) groups excluding carboxylic acids is 4. The van der Waals surface area contributed by atoms with Gasteiger partial charge in [-0.05, 0) is 31.7 Å². The molecule has 11 heteroatoms. The molecule has 0 spiro atoms. The Kier molecular flexibility index (Phi) is 9.80. The van der Waals surface area contributed by atoms with Gasteiger partial charge in [0.1, 0.15) is 24.8 Å². The average Bonchev–Trinajstić information content (AvgIpc) is 3.08. The van der Waals surface area contributed by atoms with Crippen LogP contribution in [0.5, 0.6) is 0 Å². The number of likely N-dealkylation sites (tertiary alicyclic amines) is 1. The quantitative estimate of drug-likeness (QED) is 0.304. The van der Waals surface area contributed by atoms with E-state index in [1.165, 1.54) is 14.0 Å². The molecule has 0 aromatic heterocycles. The predicted molar refractivity (Wildman–Crippen MR) is 115 cm³/mol. The van der Waals surface area contributed by atoms with Crippen LogP contribution in [0, 0.1) is 0 Å². The van der Waals surface area contributed by atoms with Crippen LogP contribution in [-0.4, -0.2) is 71.6 Å². The van der Waals surface area contributed by atoms with Crippen LogP contribution in [0.1, 0.15) is 38.2 Å². The zero-order valence-corrected chi connectivity index (χ0v) is 18.6. The Hall–Kier alpha value is -3.47. The summed E-state index contributed by atoms with van der Waals surface area (Å²) in [6, 6.07) is 6.84. The second kappa shape index (κ2) is 12.5. The van der Waals surface area contributed by atoms with Crippen molar-refractivity contribution in [3.8, 4) is 0 Å². The first-order valence-electron chi connectivity index (χ1n) is 10.6. The minimum Gasteiger partial charge on any atom is -0.480 e. The van der Waals surface area contributed by atoms with Gasteiger partial charge in [-0.25, -0.2) is 4.79 Å². The number of rotatable bonds is 12. The van der Waals surface area contributed by atoms with E-state index < -0.39 is 48.0 Å². The minimum absolute atomic E-state index is 0.104. The topological polar surface area (TPSA) is 151 Å². The molecule has 1 aromatic carbocycles. The number of alkyl carbamates (subject to hydrolysis) is 1. The summed E-state index contributed by atoms with van der Waals surface area (Å²) >= 11 is 0. The maximum atomic E-state index is 12.7. The summed E-state index contributed by atoms with van der Waals surface area (Å²) in [5.41, 5.74) is 0.853. The second-order valence-corrected chi connectivity index (χ2v) is 7.60. The van der Waals surface area contributed by atoms with Gasteiger partial charge in [0.15, 0.2) is 0 Å². The van der Waals surface area contributed by atoms with Gasteiger partial charge < -0.3 is 25.2 Å². The van der Waals surface area contributed by atoms with Crippen LogP contribution in [0.4, 0.5) is 4.79 Å². The number of carboxylic acid groups (broad SMARTS) is 1. The van der Waals surface area contributed by atoms with E-state index in [9.17, 15) is 24.0 Å². The average molecular weight is 463 g/mol. The number of unbranched alkanes of at least 4 members (excludes halogenated alkanes) is 1. The summed E-state index contributed by atoms with van der Waals surface area (Å²) in [7, 11) is 1.30. The van der Waals surface area contributed by atoms with E-state index in [2.05, 4.69) is 10.6 Å². The Balaban J connectivity index is 1.86. The van der Waals surface area contributed by atoms with E-state index in [-0.39, 0.29) is 26.0 Å². The number of methoxy groups -OCH3 is 1. The Labute approximate surface area is 191 Å². The molecule has 1 heterocycles. The number of imide groups is 1. The molecule has 3 atom stereocenters. The monoisotopic (exact) mass is 463 g/mol. The van der Waals surface area contributed by atoms with Crippen molar-refractivity contribution in [1.29, 1.82) is 0 Å². The van der Waals surface area contributed by atoms with E-state index in [1.807, 2.05) is 30.3 Å². The van der Waals surface area contributed by atoms with Crippen LogP contribution >= 0.6 is 0 Å². The van der Waals surface area contributed by atoms with E-state index >= 15 is 0 Å². The normalized spacial score (nSPS) is 17.4. The smallest absolute Gasteiger partial charge is 0.407 e. The number of benzene rings is 1. The molecule has 0 saturated carbocycles. The first kappa shape index (κ1) is 25.8. The molecular formula is C22H29N3O8. The third-order valence-electron chi connectivity index (χ3n) is 5.16. The van der Waals surface area contributed by atoms with Gasteiger partial charge in [0.25, 0.3) is 5.91 Å². The van der Waals surface area contributed by atoms with E-state index in [4.69, 9.17) is 14.6 Å². The number of ether oxygens (including phenoxy) is 2. The molecule has 33 heavy (non-hydrogen) atoms. The van der Waals surface area contributed by atoms with Gasteiger partial charge in [0, 0.05) is 13.7 Å². The SMILES string of the molecule is COC1CC(=O)N([C@@H](CCCCNC(=O)OCc2ccccc2)C(=O)N[C@@H](C)C(=O)O)C1=O. The second-order valence-electron chi connectivity index (χ2n) is 7.60. The molecule has 4 amide bonds. The summed E-state index contributed by atoms with van der Waals surface area (Å²) < 4.78 is 10.1. The van der Waals surface area contributed by atoms with Gasteiger partial charge in [-0.1, -0.05) is 30.3 Å². The van der Waals surface area contributed by atoms with Gasteiger partial charge in [-0.3, -0.25) is 24.1 Å². The highest BCUT2D eigenvalue weighted by atomic mass is 16.5. The van der Waals surface area contributed by atoms with Gasteiger partial charge in [0.2, 0.25) is 11.8 Å². The highest BCUT2D eigenvalue weighted by Crippen LogP contribution is 2.22. The number of carboxylic acids is 1. The molecule has 11 nitrogen and oxygen atoms in total. The molecule has 1 aromatic rings. The lowest BCUT2D eigenvalue weighted by Gasteiger charge is -2.26. The van der Waals surface area contributed by atoms with Crippen LogP contribution in [0.25, 0.3) is 0 Å². The fraction of sp³-hybridized carbons (Fsp3) is 0.500. The van der Waals surface area contributed by atoms with E-state index in [1.54, 1.807) is 0 Å². The lowest BCUT2D eigenvalue weighted by Crippen LogP contribution is -2.53. The number of carbonyl (C=O) groups is 5. The standard InChI is InChI=1S/C22H29N3O8/c1-14(21(29)30)24-19(27)16(25-18(26)12-17(32-2)20(25)28)10-6-7-11-23-22(31)33-13-15-8-4-3-5-9-15/h3-5,8-9,14,16-17H,6-7,10-13H2,1-2H3,(H,23,31)(H,24,27)(H,29,30)/t14-,16-,17?/m0/s1. The summed E-state index contributed by atoms with van der Waals surface area (Å²) in [6.45, 7) is 1.68. The maximum Gasteiger partial charge on any atom is 0.407 e. The van der Waals surface area contributed by atoms with Crippen LogP contribution in [0.2, 0.25) is 0 Å². The zero-order chi connectivity index (χ0) is 24.4. The first-order valence-corrected chi connectivity index (χ1v) is 10.6. The van der Waals surface area contributed by atoms with Crippen molar-refractivity contribution < 1.29 is 38.6 Å². The number of nitrogens with zero attached hydrogens (tertiary/aromatic N) is 1. The molecule has 2 rings (SSSR count). The predicted octanol–water partition coefficient (Wildman–Crippen LogP) is 0.815. The molecule has 0 bridgehead atoms. The lowest BCUT2D eigenvalue weighted by atomic mass is 10.1. The number of hydrogen-bond donors (Lipinski definition) is 3. The Morgan fingerprint density at radius 3 is 2.48 bits per heavy atom. The summed E-state index contributed by atoms with van der Waals surface area (Å²) in [5, 5.41) is 13.9. The summed E-state index contributed by atoms with van der Waals surface area (Å²) in [5.74, 6) is -3.17. The highest BCUT2D eigenvalue weighted by molar-refractivity contribution is 6.08. The molecule has 1 fully saturated rings. The van der Waals surface area contributed by atoms with Crippen LogP contribution in [0.15, 0.2) is 30.3 Å². The Bertz CT molecular complexity index is 860. The first-order chi connectivity index (χ1) is 15.7. The third kappa shape index (κ3) is 7.56. The lowest BCUT2D eigenvalue weighted by molar-refractivity contribution is -0.150. The largest absolute Gasteiger partial charge is 0.480 e. The Morgan fingerprint density at radius 1 is 1.18 bits per heavy atom. The van der Waals surface area contributed by atoms with Crippen LogP contribution < -0.4 is 10.6 Å². The minimum atomic E-state index is -1.24. The van der Waals surface area contributed by atoms with Crippen LogP contribution in [-0.2, 0) is 35.3 Å². The van der Waals surface area contributed by atoms with Crippen molar-refractivity contribution in [3.63, 3.8) is 0 Å². The van der Waals surface area contributed by atoms with Gasteiger partial charge >= 0.3 is 12.1 Å². The van der Waals surface area contributed by atoms with Crippen molar-refractivity contribution in [2.24, 2.45) is 0 Å². The van der Waals surface area contributed by atoms with Gasteiger partial charge in [-0.15, -0.1) is 0 Å². The molecular weight excluding hydrogens is 434 g/mol. The van der Waals surface area contributed by atoms with Crippen molar-refractivity contribution in [3.05, 3.63) is 35.9 Å². The van der Waals surface area contributed by atoms with Crippen molar-refractivity contribution in [2.75, 3.05) is 13.7 Å². The van der Waals surface area contributed by atoms with Gasteiger partial charge in [0.05, 0.1) is 6.42 Å². The van der Waals surface area contributed by atoms with Crippen molar-refractivity contribution >= 4 is 29.8 Å². The summed E-state index contributed by atoms with van der Waals surface area (Å²) in [4.78, 5) is 61.2. The highest BCUT2D eigenvalue weighted by Gasteiger charge is 2.45. The third-order valence-corrected chi connectivity index (χ3v) is 5.16. The molecule has 0 radical (unpaired) electrons.